The van der Waals surface area contributed by atoms with Gasteiger partial charge in [0.2, 0.25) is 0 Å². The minimum Gasteiger partial charge on any atom is -0.349 e. The molecule has 2 aromatic rings. The molecule has 0 N–H and O–H groups in total. The predicted octanol–water partition coefficient (Wildman–Crippen LogP) is 3.67. The molecule has 84 valence electrons. The summed E-state index contributed by atoms with van der Waals surface area (Å²) in [5, 5.41) is 1.62. The van der Waals surface area contributed by atoms with E-state index >= 15 is 0 Å². The number of aromatic nitrogens is 1. The second kappa shape index (κ2) is 3.95. The summed E-state index contributed by atoms with van der Waals surface area (Å²) in [6.07, 6.45) is 1.86. The first-order chi connectivity index (χ1) is 7.52. The smallest absolute Gasteiger partial charge is 0.167 e. The van der Waals surface area contributed by atoms with Crippen molar-refractivity contribution in [1.29, 1.82) is 0 Å². The van der Waals surface area contributed by atoms with Gasteiger partial charge in [0.25, 0.3) is 0 Å². The van der Waals surface area contributed by atoms with Crippen LogP contribution in [0, 0.1) is 5.92 Å². The van der Waals surface area contributed by atoms with E-state index < -0.39 is 0 Å². The molecule has 1 aromatic heterocycles. The van der Waals surface area contributed by atoms with Gasteiger partial charge in [0.15, 0.2) is 5.78 Å². The van der Waals surface area contributed by atoms with Crippen molar-refractivity contribution in [2.24, 2.45) is 13.0 Å². The summed E-state index contributed by atoms with van der Waals surface area (Å²) in [5.74, 6) is 0.164. The molecule has 0 unspecified atom stereocenters. The molecule has 2 rings (SSSR count). The first-order valence-electron chi connectivity index (χ1n) is 5.30. The van der Waals surface area contributed by atoms with E-state index in [0.717, 1.165) is 16.5 Å². The van der Waals surface area contributed by atoms with Crippen LogP contribution in [0.2, 0.25) is 5.02 Å². The van der Waals surface area contributed by atoms with Crippen molar-refractivity contribution in [3.8, 4) is 0 Å². The predicted molar refractivity (Wildman–Crippen MR) is 67.1 cm³/mol. The van der Waals surface area contributed by atoms with Gasteiger partial charge in [-0.05, 0) is 6.07 Å². The van der Waals surface area contributed by atoms with Crippen LogP contribution >= 0.6 is 11.6 Å². The van der Waals surface area contributed by atoms with Crippen molar-refractivity contribution in [3.05, 3.63) is 35.0 Å². The Hall–Kier alpha value is -1.28. The van der Waals surface area contributed by atoms with Gasteiger partial charge in [-0.1, -0.05) is 37.6 Å². The number of aryl methyl sites for hydroxylation is 1. The number of ketones is 1. The molecule has 0 aliphatic carbocycles. The van der Waals surface area contributed by atoms with Gasteiger partial charge in [-0.3, -0.25) is 4.79 Å². The van der Waals surface area contributed by atoms with Crippen LogP contribution in [0.4, 0.5) is 0 Å². The zero-order chi connectivity index (χ0) is 11.9. The van der Waals surface area contributed by atoms with Crippen LogP contribution in [0.25, 0.3) is 10.9 Å². The summed E-state index contributed by atoms with van der Waals surface area (Å²) < 4.78 is 1.91. The van der Waals surface area contributed by atoms with Crippen molar-refractivity contribution in [3.63, 3.8) is 0 Å². The number of nitrogens with zero attached hydrogens (tertiary/aromatic N) is 1. The van der Waals surface area contributed by atoms with Gasteiger partial charge >= 0.3 is 0 Å². The minimum absolute atomic E-state index is 0.00424. The highest BCUT2D eigenvalue weighted by molar-refractivity contribution is 6.35. The molecule has 0 fully saturated rings. The molecular formula is C13H14ClNO. The Bertz CT molecular complexity index is 554. The Kier molecular flexibility index (Phi) is 2.76. The first-order valence-corrected chi connectivity index (χ1v) is 5.68. The fourth-order valence-corrected chi connectivity index (χ4v) is 2.23. The summed E-state index contributed by atoms with van der Waals surface area (Å²) in [5.41, 5.74) is 1.68. The molecule has 0 aliphatic rings. The Balaban J connectivity index is 2.74. The lowest BCUT2D eigenvalue weighted by Crippen LogP contribution is -2.06. The fraction of sp³-hybridized carbons (Fsp3) is 0.308. The molecule has 0 saturated carbocycles. The van der Waals surface area contributed by atoms with Crippen LogP contribution in [-0.4, -0.2) is 10.4 Å². The first kappa shape index (κ1) is 11.2. The lowest BCUT2D eigenvalue weighted by Gasteiger charge is -2.02. The fourth-order valence-electron chi connectivity index (χ4n) is 1.93. The van der Waals surface area contributed by atoms with Gasteiger partial charge in [-0.2, -0.15) is 0 Å². The average molecular weight is 236 g/mol. The zero-order valence-electron chi connectivity index (χ0n) is 9.62. The van der Waals surface area contributed by atoms with Gasteiger partial charge in [-0.25, -0.2) is 0 Å². The van der Waals surface area contributed by atoms with Crippen LogP contribution in [0.1, 0.15) is 24.2 Å². The molecule has 16 heavy (non-hydrogen) atoms. The second-order valence-electron chi connectivity index (χ2n) is 4.31. The molecule has 0 atom stereocenters. The number of halogens is 1. The maximum atomic E-state index is 12.0. The molecule has 0 aliphatic heterocycles. The molecule has 0 spiro atoms. The zero-order valence-corrected chi connectivity index (χ0v) is 10.4. The summed E-state index contributed by atoms with van der Waals surface area (Å²) in [7, 11) is 1.91. The maximum Gasteiger partial charge on any atom is 0.167 e. The van der Waals surface area contributed by atoms with Crippen molar-refractivity contribution in [2.45, 2.75) is 13.8 Å². The lowest BCUT2D eigenvalue weighted by atomic mass is 10.0. The highest BCUT2D eigenvalue weighted by Gasteiger charge is 2.17. The summed E-state index contributed by atoms with van der Waals surface area (Å²) in [6, 6.07) is 5.66. The quantitative estimate of drug-likeness (QED) is 0.728. The standard InChI is InChI=1S/C13H14ClNO/c1-8(2)13(16)10-7-15(3)12-9(10)5-4-6-11(12)14/h4-8H,1-3H3. The Morgan fingerprint density at radius 3 is 2.69 bits per heavy atom. The van der Waals surface area contributed by atoms with Crippen molar-refractivity contribution in [2.75, 3.05) is 0 Å². The molecule has 0 amide bonds. The number of benzene rings is 1. The molecule has 0 bridgehead atoms. The highest BCUT2D eigenvalue weighted by Crippen LogP contribution is 2.28. The molecule has 2 nitrogen and oxygen atoms in total. The molecule has 0 saturated heterocycles. The molecule has 3 heteroatoms. The van der Waals surface area contributed by atoms with Crippen LogP contribution in [0.15, 0.2) is 24.4 Å². The van der Waals surface area contributed by atoms with Gasteiger partial charge in [0, 0.05) is 30.1 Å². The lowest BCUT2D eigenvalue weighted by molar-refractivity contribution is 0.0941. The molecule has 1 heterocycles. The van der Waals surface area contributed by atoms with Crippen LogP contribution < -0.4 is 0 Å². The molecule has 1 aromatic carbocycles. The topological polar surface area (TPSA) is 22.0 Å². The van der Waals surface area contributed by atoms with Crippen LogP contribution in [0.3, 0.4) is 0 Å². The van der Waals surface area contributed by atoms with Gasteiger partial charge in [-0.15, -0.1) is 0 Å². The van der Waals surface area contributed by atoms with Crippen LogP contribution in [0.5, 0.6) is 0 Å². The van der Waals surface area contributed by atoms with E-state index in [1.54, 1.807) is 0 Å². The van der Waals surface area contributed by atoms with Gasteiger partial charge in [0.1, 0.15) is 0 Å². The van der Waals surface area contributed by atoms with E-state index in [0.29, 0.717) is 5.02 Å². The highest BCUT2D eigenvalue weighted by atomic mass is 35.5. The van der Waals surface area contributed by atoms with E-state index in [2.05, 4.69) is 0 Å². The largest absolute Gasteiger partial charge is 0.349 e. The van der Waals surface area contributed by atoms with E-state index in [1.807, 2.05) is 49.9 Å². The SMILES string of the molecule is CC(C)C(=O)c1cn(C)c2c(Cl)cccc12. The van der Waals surface area contributed by atoms with E-state index in [4.69, 9.17) is 11.6 Å². The number of hydrogen-bond acceptors (Lipinski definition) is 1. The second-order valence-corrected chi connectivity index (χ2v) is 4.72. The number of hydrogen-bond donors (Lipinski definition) is 0. The van der Waals surface area contributed by atoms with Crippen LogP contribution in [-0.2, 0) is 7.05 Å². The summed E-state index contributed by atoms with van der Waals surface area (Å²) in [4.78, 5) is 12.0. The third-order valence-corrected chi connectivity index (χ3v) is 3.05. The Labute approximate surface area is 99.8 Å². The number of carbonyl (C=O) groups is 1. The number of carbonyl (C=O) groups excluding carboxylic acids is 1. The van der Waals surface area contributed by atoms with Gasteiger partial charge < -0.3 is 4.57 Å². The number of rotatable bonds is 2. The minimum atomic E-state index is 0.00424. The summed E-state index contributed by atoms with van der Waals surface area (Å²) in [6.45, 7) is 3.82. The Morgan fingerprint density at radius 1 is 1.38 bits per heavy atom. The number of Topliss-reactive ketones (excluding diaryl/α,β-unsaturated/α-hetero) is 1. The van der Waals surface area contributed by atoms with Crippen molar-refractivity contribution < 1.29 is 4.79 Å². The van der Waals surface area contributed by atoms with E-state index in [9.17, 15) is 4.79 Å². The molecule has 0 radical (unpaired) electrons. The number of fused-ring (bicyclic) bond motifs is 1. The third kappa shape index (κ3) is 1.63. The van der Waals surface area contributed by atoms with Gasteiger partial charge in [0.05, 0.1) is 10.5 Å². The number of para-hydroxylation sites is 1. The monoisotopic (exact) mass is 235 g/mol. The van der Waals surface area contributed by atoms with Crippen molar-refractivity contribution >= 4 is 28.3 Å². The normalized spacial score (nSPS) is 11.3. The van der Waals surface area contributed by atoms with E-state index in [-0.39, 0.29) is 11.7 Å². The summed E-state index contributed by atoms with van der Waals surface area (Å²) >= 11 is 6.13. The average Bonchev–Trinajstić information content (AvgIpc) is 2.56. The Morgan fingerprint density at radius 2 is 2.06 bits per heavy atom. The maximum absolute atomic E-state index is 12.0. The molecular weight excluding hydrogens is 222 g/mol. The van der Waals surface area contributed by atoms with Crippen molar-refractivity contribution in [1.82, 2.24) is 4.57 Å². The third-order valence-electron chi connectivity index (χ3n) is 2.74. The van der Waals surface area contributed by atoms with E-state index in [1.165, 1.54) is 0 Å².